The first-order valence-electron chi connectivity index (χ1n) is 17.8. The minimum absolute atomic E-state index is 0.0452. The molecular weight excluding hydrogens is 672 g/mol. The van der Waals surface area contributed by atoms with Crippen LogP contribution in [0.5, 0.6) is 0 Å². The Morgan fingerprint density at radius 1 is 0.824 bits per heavy atom. The Hall–Kier alpha value is -3.14. The van der Waals surface area contributed by atoms with Crippen LogP contribution in [0.1, 0.15) is 68.2 Å². The van der Waals surface area contributed by atoms with Gasteiger partial charge in [-0.2, -0.15) is 0 Å². The second-order valence-electron chi connectivity index (χ2n) is 17.5. The molecule has 1 spiro atoms. The molecule has 0 radical (unpaired) electrons. The third-order valence-corrected chi connectivity index (χ3v) is 15.5. The van der Waals surface area contributed by atoms with Crippen molar-refractivity contribution in [1.82, 2.24) is 0 Å². The lowest BCUT2D eigenvalue weighted by Gasteiger charge is -2.65. The van der Waals surface area contributed by atoms with Gasteiger partial charge in [0.1, 0.15) is 36.6 Å². The summed E-state index contributed by atoms with van der Waals surface area (Å²) in [5.41, 5.74) is -7.81. The molecule has 8 rings (SSSR count). The van der Waals surface area contributed by atoms with E-state index in [0.29, 0.717) is 0 Å². The van der Waals surface area contributed by atoms with E-state index >= 15 is 0 Å². The molecule has 6 saturated carbocycles. The minimum Gasteiger partial charge on any atom is -0.464 e. The number of esters is 4. The zero-order valence-corrected chi connectivity index (χ0v) is 29.8. The van der Waals surface area contributed by atoms with Crippen LogP contribution >= 0.6 is 0 Å². The molecule has 8 fully saturated rings. The summed E-state index contributed by atoms with van der Waals surface area (Å²) in [6.07, 6.45) is -7.23. The molecule has 15 heteroatoms. The van der Waals surface area contributed by atoms with Gasteiger partial charge in [-0.15, -0.1) is 0 Å². The first-order chi connectivity index (χ1) is 23.6. The molecule has 3 N–H and O–H groups in total. The molecule has 6 aliphatic carbocycles. The average molecular weight is 719 g/mol. The van der Waals surface area contributed by atoms with Crippen molar-refractivity contribution in [2.45, 2.75) is 122 Å². The van der Waals surface area contributed by atoms with E-state index in [-0.39, 0.29) is 19.3 Å². The molecule has 0 unspecified atom stereocenters. The van der Waals surface area contributed by atoms with Crippen LogP contribution in [0.15, 0.2) is 0 Å². The van der Waals surface area contributed by atoms with Crippen LogP contribution in [0, 0.1) is 63.6 Å². The predicted molar refractivity (Wildman–Crippen MR) is 165 cm³/mol. The molecule has 0 amide bonds. The largest absolute Gasteiger partial charge is 0.464 e. The van der Waals surface area contributed by atoms with Gasteiger partial charge in [0.15, 0.2) is 11.4 Å². The summed E-state index contributed by atoms with van der Waals surface area (Å²) in [4.78, 5) is 79.5. The van der Waals surface area contributed by atoms with E-state index in [2.05, 4.69) is 0 Å². The maximum atomic E-state index is 14.6. The SMILES string of the molecule is CC(=O)O[C@H]1[C@H]2[C@H]([C@@H]3[C@@H](OC=O)[C@@H]4[C@H]([C@H](C)[C@H]5O[C@]56OC(=O)[C@@](C)(O)[C@]46C)[C@@]3(C)[C@H]1OC(C)=O)[C@@H](O)C(=O)[C@H]1C[C@@]3(O)C[C@@H]3[C@H](OC(C)=O)[C@]21C. The van der Waals surface area contributed by atoms with E-state index < -0.39 is 147 Å². The van der Waals surface area contributed by atoms with Crippen molar-refractivity contribution in [3.63, 3.8) is 0 Å². The van der Waals surface area contributed by atoms with Gasteiger partial charge in [0.05, 0.1) is 11.0 Å². The molecule has 0 aromatic heterocycles. The summed E-state index contributed by atoms with van der Waals surface area (Å²) < 4.78 is 36.4. The highest BCUT2D eigenvalue weighted by molar-refractivity contribution is 5.88. The molecule has 0 bridgehead atoms. The summed E-state index contributed by atoms with van der Waals surface area (Å²) in [7, 11) is 0. The highest BCUT2D eigenvalue weighted by Gasteiger charge is 2.93. The van der Waals surface area contributed by atoms with Crippen molar-refractivity contribution in [3.8, 4) is 0 Å². The van der Waals surface area contributed by atoms with E-state index in [4.69, 9.17) is 28.4 Å². The van der Waals surface area contributed by atoms with Gasteiger partial charge in [-0.3, -0.25) is 24.0 Å². The molecule has 280 valence electrons. The Kier molecular flexibility index (Phi) is 6.90. The number of fused-ring (bicyclic) bond motifs is 9. The lowest BCUT2D eigenvalue weighted by Crippen LogP contribution is -2.75. The molecule has 0 aromatic rings. The van der Waals surface area contributed by atoms with Crippen molar-refractivity contribution >= 4 is 36.1 Å². The number of aliphatic hydroxyl groups is 3. The number of hydrogen-bond acceptors (Lipinski definition) is 15. The van der Waals surface area contributed by atoms with Crippen LogP contribution < -0.4 is 0 Å². The summed E-state index contributed by atoms with van der Waals surface area (Å²) in [5, 5.41) is 35.8. The molecule has 8 aliphatic rings. The molecule has 2 heterocycles. The number of ketones is 1. The molecule has 20 atom stereocenters. The van der Waals surface area contributed by atoms with Gasteiger partial charge < -0.3 is 43.7 Å². The molecule has 15 nitrogen and oxygen atoms in total. The Balaban J connectivity index is 1.41. The van der Waals surface area contributed by atoms with E-state index in [0.717, 1.165) is 0 Å². The molecule has 2 saturated heterocycles. The van der Waals surface area contributed by atoms with Crippen LogP contribution in [-0.4, -0.2) is 105 Å². The van der Waals surface area contributed by atoms with E-state index in [1.807, 2.05) is 6.92 Å². The minimum atomic E-state index is -2.16. The number of aliphatic hydroxyl groups excluding tert-OH is 1. The quantitative estimate of drug-likeness (QED) is 0.150. The number of carbonyl (C=O) groups is 6. The summed E-state index contributed by atoms with van der Waals surface area (Å²) >= 11 is 0. The van der Waals surface area contributed by atoms with Crippen molar-refractivity contribution in [2.75, 3.05) is 0 Å². The molecule has 51 heavy (non-hydrogen) atoms. The van der Waals surface area contributed by atoms with Gasteiger partial charge in [0.25, 0.3) is 6.47 Å². The number of carbonyl (C=O) groups excluding carboxylic acids is 6. The lowest BCUT2D eigenvalue weighted by molar-refractivity contribution is -0.278. The standard InChI is InChI=1S/C36H46O15/c1-12-19-22(33(7)34(8,44)30(43)51-36(33)27(12)50-36)25(46-11-37)20-18-21(26(47-13(2)38)29(32(19,20)6)49-15(4)40)31(5)16(23(41)24(18)42)9-35(45)10-17(35)28(31)48-14(3)39/h11-12,16-22,24-29,42,44-45H,9-10H2,1-8H3/t12-,16+,17+,18-,19-,20+,21+,22-,24+,25+,26-,27+,28-,29-,31-,32+,33-,34+,35+,36-/m0/s1. The average Bonchev–Trinajstić information content (AvgIpc) is 3.89. The summed E-state index contributed by atoms with van der Waals surface area (Å²) in [5.74, 6) is -12.3. The normalized spacial score (nSPS) is 58.1. The Bertz CT molecular complexity index is 1660. The number of hydrogen-bond donors (Lipinski definition) is 3. The van der Waals surface area contributed by atoms with Crippen molar-refractivity contribution in [2.24, 2.45) is 63.6 Å². The van der Waals surface area contributed by atoms with Crippen molar-refractivity contribution in [3.05, 3.63) is 0 Å². The first kappa shape index (κ1) is 34.9. The molecule has 2 aliphatic heterocycles. The predicted octanol–water partition coefficient (Wildman–Crippen LogP) is 0.217. The Morgan fingerprint density at radius 2 is 1.41 bits per heavy atom. The number of rotatable bonds is 5. The smallest absolute Gasteiger partial charge is 0.341 e. The first-order valence-corrected chi connectivity index (χ1v) is 17.8. The fraction of sp³-hybridized carbons (Fsp3) is 0.833. The van der Waals surface area contributed by atoms with E-state index in [1.54, 1.807) is 20.8 Å². The van der Waals surface area contributed by atoms with Crippen LogP contribution in [0.2, 0.25) is 0 Å². The zero-order chi connectivity index (χ0) is 37.3. The van der Waals surface area contributed by atoms with Crippen molar-refractivity contribution < 1.29 is 72.5 Å². The van der Waals surface area contributed by atoms with Crippen molar-refractivity contribution in [1.29, 1.82) is 0 Å². The van der Waals surface area contributed by atoms with Crippen LogP contribution in [0.3, 0.4) is 0 Å². The third kappa shape index (κ3) is 3.78. The topological polar surface area (TPSA) is 222 Å². The fourth-order valence-electron chi connectivity index (χ4n) is 13.6. The van der Waals surface area contributed by atoms with Crippen LogP contribution in [0.4, 0.5) is 0 Å². The monoisotopic (exact) mass is 718 g/mol. The van der Waals surface area contributed by atoms with Gasteiger partial charge in [-0.1, -0.05) is 20.8 Å². The van der Waals surface area contributed by atoms with Gasteiger partial charge in [0.2, 0.25) is 5.79 Å². The summed E-state index contributed by atoms with van der Waals surface area (Å²) in [6, 6.07) is 0. The second-order valence-corrected chi connectivity index (χ2v) is 17.5. The number of Topliss-reactive ketones (excluding diaryl/α,β-unsaturated/α-hetero) is 1. The fourth-order valence-corrected chi connectivity index (χ4v) is 13.6. The third-order valence-electron chi connectivity index (χ3n) is 15.5. The van der Waals surface area contributed by atoms with Crippen LogP contribution in [0.25, 0.3) is 0 Å². The highest BCUT2D eigenvalue weighted by atomic mass is 16.8. The van der Waals surface area contributed by atoms with E-state index in [1.165, 1.54) is 27.7 Å². The second kappa shape index (κ2) is 10.1. The molecular formula is C36H46O15. The number of ether oxygens (including phenoxy) is 6. The van der Waals surface area contributed by atoms with Crippen LogP contribution in [-0.2, 0) is 57.2 Å². The van der Waals surface area contributed by atoms with Gasteiger partial charge >= 0.3 is 23.9 Å². The zero-order valence-electron chi connectivity index (χ0n) is 29.8. The number of epoxide rings is 1. The Labute approximate surface area is 293 Å². The summed E-state index contributed by atoms with van der Waals surface area (Å²) in [6.45, 7) is 12.2. The lowest BCUT2D eigenvalue weighted by atomic mass is 9.40. The van der Waals surface area contributed by atoms with Gasteiger partial charge in [-0.25, -0.2) is 4.79 Å². The van der Waals surface area contributed by atoms with Gasteiger partial charge in [-0.05, 0) is 38.5 Å². The van der Waals surface area contributed by atoms with E-state index in [9.17, 15) is 44.1 Å². The maximum absolute atomic E-state index is 14.6. The molecule has 0 aromatic carbocycles. The highest BCUT2D eigenvalue weighted by Crippen LogP contribution is 2.81. The Morgan fingerprint density at radius 3 is 2.00 bits per heavy atom. The maximum Gasteiger partial charge on any atom is 0.341 e. The van der Waals surface area contributed by atoms with Gasteiger partial charge in [0, 0.05) is 67.1 Å².